The fourth-order valence-corrected chi connectivity index (χ4v) is 3.77. The van der Waals surface area contributed by atoms with Crippen LogP contribution >= 0.6 is 0 Å². The molecule has 0 radical (unpaired) electrons. The van der Waals surface area contributed by atoms with Gasteiger partial charge in [-0.3, -0.25) is 4.79 Å². The summed E-state index contributed by atoms with van der Waals surface area (Å²) in [6.45, 7) is 1.78. The summed E-state index contributed by atoms with van der Waals surface area (Å²) in [6.07, 6.45) is 1.35. The minimum Gasteiger partial charge on any atom is -0.454 e. The van der Waals surface area contributed by atoms with Crippen molar-refractivity contribution in [3.8, 4) is 11.5 Å². The van der Waals surface area contributed by atoms with Crippen LogP contribution in [0.2, 0.25) is 0 Å². The Morgan fingerprint density at radius 2 is 1.81 bits per heavy atom. The lowest BCUT2D eigenvalue weighted by Gasteiger charge is -2.34. The second-order valence-corrected chi connectivity index (χ2v) is 6.74. The molecular formula is C21H23NO4. The fourth-order valence-electron chi connectivity index (χ4n) is 3.77. The van der Waals surface area contributed by atoms with Crippen LogP contribution in [0.1, 0.15) is 36.0 Å². The second kappa shape index (κ2) is 7.38. The van der Waals surface area contributed by atoms with Crippen LogP contribution < -0.4 is 9.47 Å². The van der Waals surface area contributed by atoms with Crippen molar-refractivity contribution in [2.45, 2.75) is 24.9 Å². The largest absolute Gasteiger partial charge is 0.454 e. The highest BCUT2D eigenvalue weighted by Crippen LogP contribution is 2.37. The SMILES string of the molecule is COC(C(=O)N1CCC(c2ccc3c(c2)OCO3)CC1)c1ccccc1. The topological polar surface area (TPSA) is 48.0 Å². The van der Waals surface area contributed by atoms with E-state index in [1.165, 1.54) is 5.56 Å². The molecule has 26 heavy (non-hydrogen) atoms. The minimum atomic E-state index is -0.529. The Morgan fingerprint density at radius 1 is 1.08 bits per heavy atom. The third-order valence-electron chi connectivity index (χ3n) is 5.24. The van der Waals surface area contributed by atoms with Crippen molar-refractivity contribution in [1.82, 2.24) is 4.90 Å². The average molecular weight is 353 g/mol. The molecule has 1 fully saturated rings. The number of rotatable bonds is 4. The molecule has 1 saturated heterocycles. The maximum Gasteiger partial charge on any atom is 0.256 e. The van der Waals surface area contributed by atoms with E-state index in [0.717, 1.165) is 43.0 Å². The van der Waals surface area contributed by atoms with Crippen molar-refractivity contribution in [1.29, 1.82) is 0 Å². The van der Waals surface area contributed by atoms with Gasteiger partial charge >= 0.3 is 0 Å². The van der Waals surface area contributed by atoms with Crippen LogP contribution in [0.5, 0.6) is 11.5 Å². The molecule has 0 bridgehead atoms. The van der Waals surface area contributed by atoms with E-state index in [-0.39, 0.29) is 5.91 Å². The molecular weight excluding hydrogens is 330 g/mol. The van der Waals surface area contributed by atoms with Gasteiger partial charge in [-0.25, -0.2) is 0 Å². The maximum absolute atomic E-state index is 12.9. The first-order valence-corrected chi connectivity index (χ1v) is 9.02. The minimum absolute atomic E-state index is 0.0443. The molecule has 0 saturated carbocycles. The van der Waals surface area contributed by atoms with E-state index in [9.17, 15) is 4.79 Å². The first-order chi connectivity index (χ1) is 12.8. The fraction of sp³-hybridized carbons (Fsp3) is 0.381. The van der Waals surface area contributed by atoms with E-state index in [4.69, 9.17) is 14.2 Å². The van der Waals surface area contributed by atoms with E-state index in [0.29, 0.717) is 12.7 Å². The summed E-state index contributed by atoms with van der Waals surface area (Å²) in [7, 11) is 1.59. The summed E-state index contributed by atoms with van der Waals surface area (Å²) in [5.41, 5.74) is 2.16. The number of ether oxygens (including phenoxy) is 3. The lowest BCUT2D eigenvalue weighted by atomic mass is 9.89. The molecule has 2 heterocycles. The van der Waals surface area contributed by atoms with Gasteiger partial charge in [0.2, 0.25) is 6.79 Å². The number of benzene rings is 2. The van der Waals surface area contributed by atoms with Crippen molar-refractivity contribution in [3.63, 3.8) is 0 Å². The van der Waals surface area contributed by atoms with Gasteiger partial charge in [0.1, 0.15) is 0 Å². The molecule has 2 aliphatic rings. The molecule has 0 aliphatic carbocycles. The standard InChI is InChI=1S/C21H23NO4/c1-24-20(16-5-3-2-4-6-16)21(23)22-11-9-15(10-12-22)17-7-8-18-19(13-17)26-14-25-18/h2-8,13,15,20H,9-12,14H2,1H3. The van der Waals surface area contributed by atoms with Crippen LogP contribution in [-0.2, 0) is 9.53 Å². The Hall–Kier alpha value is -2.53. The van der Waals surface area contributed by atoms with Gasteiger partial charge in [0.05, 0.1) is 0 Å². The monoisotopic (exact) mass is 353 g/mol. The first-order valence-electron chi connectivity index (χ1n) is 9.02. The third kappa shape index (κ3) is 3.27. The molecule has 0 spiro atoms. The summed E-state index contributed by atoms with van der Waals surface area (Å²) in [5.74, 6) is 2.12. The molecule has 2 aromatic rings. The summed E-state index contributed by atoms with van der Waals surface area (Å²) < 4.78 is 16.4. The molecule has 0 aromatic heterocycles. The predicted molar refractivity (Wildman–Crippen MR) is 97.3 cm³/mol. The van der Waals surface area contributed by atoms with Gasteiger partial charge < -0.3 is 19.1 Å². The number of fused-ring (bicyclic) bond motifs is 1. The Balaban J connectivity index is 1.40. The maximum atomic E-state index is 12.9. The lowest BCUT2D eigenvalue weighted by molar-refractivity contribution is -0.143. The van der Waals surface area contributed by atoms with Gasteiger partial charge in [-0.1, -0.05) is 36.4 Å². The van der Waals surface area contributed by atoms with Crippen LogP contribution in [-0.4, -0.2) is 37.8 Å². The summed E-state index contributed by atoms with van der Waals surface area (Å²) in [4.78, 5) is 14.8. The molecule has 5 heteroatoms. The quantitative estimate of drug-likeness (QED) is 0.844. The zero-order valence-corrected chi connectivity index (χ0v) is 14.9. The number of methoxy groups -OCH3 is 1. The van der Waals surface area contributed by atoms with Gasteiger partial charge in [-0.2, -0.15) is 0 Å². The van der Waals surface area contributed by atoms with Crippen molar-refractivity contribution in [3.05, 3.63) is 59.7 Å². The number of hydrogen-bond donors (Lipinski definition) is 0. The van der Waals surface area contributed by atoms with Crippen molar-refractivity contribution >= 4 is 5.91 Å². The van der Waals surface area contributed by atoms with Gasteiger partial charge in [-0.05, 0) is 42.0 Å². The van der Waals surface area contributed by atoms with Gasteiger partial charge in [0.25, 0.3) is 5.91 Å². The molecule has 4 rings (SSSR count). The number of piperidine rings is 1. The molecule has 1 atom stereocenters. The van der Waals surface area contributed by atoms with Gasteiger partial charge in [0.15, 0.2) is 17.6 Å². The summed E-state index contributed by atoms with van der Waals surface area (Å²) in [6, 6.07) is 15.8. The van der Waals surface area contributed by atoms with Crippen LogP contribution in [0.3, 0.4) is 0 Å². The number of amides is 1. The molecule has 1 amide bonds. The molecule has 0 N–H and O–H groups in total. The lowest BCUT2D eigenvalue weighted by Crippen LogP contribution is -2.41. The van der Waals surface area contributed by atoms with Gasteiger partial charge in [0, 0.05) is 20.2 Å². The Morgan fingerprint density at radius 3 is 2.54 bits per heavy atom. The highest BCUT2D eigenvalue weighted by atomic mass is 16.7. The first kappa shape index (κ1) is 16.9. The highest BCUT2D eigenvalue weighted by Gasteiger charge is 2.30. The van der Waals surface area contributed by atoms with E-state index < -0.39 is 6.10 Å². The van der Waals surface area contributed by atoms with E-state index in [1.54, 1.807) is 7.11 Å². The Kier molecular flexibility index (Phi) is 4.80. The average Bonchev–Trinajstić information content (AvgIpc) is 3.17. The van der Waals surface area contributed by atoms with Crippen LogP contribution in [0.4, 0.5) is 0 Å². The molecule has 2 aromatic carbocycles. The number of carbonyl (C=O) groups is 1. The highest BCUT2D eigenvalue weighted by molar-refractivity contribution is 5.82. The number of likely N-dealkylation sites (tertiary alicyclic amines) is 1. The number of carbonyl (C=O) groups excluding carboxylic acids is 1. The third-order valence-corrected chi connectivity index (χ3v) is 5.24. The molecule has 5 nitrogen and oxygen atoms in total. The van der Waals surface area contributed by atoms with Crippen molar-refractivity contribution in [2.75, 3.05) is 27.0 Å². The molecule has 2 aliphatic heterocycles. The van der Waals surface area contributed by atoms with Crippen LogP contribution in [0.15, 0.2) is 48.5 Å². The van der Waals surface area contributed by atoms with E-state index in [1.807, 2.05) is 41.3 Å². The van der Waals surface area contributed by atoms with Crippen LogP contribution in [0.25, 0.3) is 0 Å². The molecule has 136 valence electrons. The summed E-state index contributed by atoms with van der Waals surface area (Å²) in [5, 5.41) is 0. The zero-order chi connectivity index (χ0) is 17.9. The second-order valence-electron chi connectivity index (χ2n) is 6.74. The number of hydrogen-bond acceptors (Lipinski definition) is 4. The van der Waals surface area contributed by atoms with E-state index in [2.05, 4.69) is 12.1 Å². The summed E-state index contributed by atoms with van der Waals surface area (Å²) >= 11 is 0. The normalized spacial score (nSPS) is 18.0. The van der Waals surface area contributed by atoms with Crippen molar-refractivity contribution in [2.24, 2.45) is 0 Å². The predicted octanol–water partition coefficient (Wildman–Crippen LogP) is 3.51. The number of nitrogens with zero attached hydrogens (tertiary/aromatic N) is 1. The molecule has 1 unspecified atom stereocenters. The van der Waals surface area contributed by atoms with Gasteiger partial charge in [-0.15, -0.1) is 0 Å². The Bertz CT molecular complexity index is 769. The Labute approximate surface area is 153 Å². The van der Waals surface area contributed by atoms with E-state index >= 15 is 0 Å². The van der Waals surface area contributed by atoms with Crippen LogP contribution in [0, 0.1) is 0 Å². The zero-order valence-electron chi connectivity index (χ0n) is 14.9. The van der Waals surface area contributed by atoms with Crippen molar-refractivity contribution < 1.29 is 19.0 Å². The smallest absolute Gasteiger partial charge is 0.256 e.